The van der Waals surface area contributed by atoms with Crippen LogP contribution in [-0.4, -0.2) is 86.3 Å². The Bertz CT molecular complexity index is 565. The van der Waals surface area contributed by atoms with Gasteiger partial charge in [0.05, 0.1) is 12.2 Å². The lowest BCUT2D eigenvalue weighted by Crippen LogP contribution is -2.59. The molecule has 2 aliphatic heterocycles. The van der Waals surface area contributed by atoms with Crippen LogP contribution in [0.3, 0.4) is 0 Å². The Kier molecular flexibility index (Phi) is 5.13. The van der Waals surface area contributed by atoms with Crippen molar-refractivity contribution >= 4 is 11.8 Å². The van der Waals surface area contributed by atoms with Crippen LogP contribution in [0.1, 0.15) is 26.7 Å². The summed E-state index contributed by atoms with van der Waals surface area (Å²) in [6.45, 7) is 8.07. The number of hydrogen-bond acceptors (Lipinski definition) is 5. The van der Waals surface area contributed by atoms with Crippen LogP contribution in [0.2, 0.25) is 0 Å². The third kappa shape index (κ3) is 3.58. The molecule has 0 aromatic carbocycles. The zero-order valence-electron chi connectivity index (χ0n) is 14.5. The van der Waals surface area contributed by atoms with Gasteiger partial charge in [0.25, 0.3) is 0 Å². The van der Waals surface area contributed by atoms with E-state index in [1.807, 2.05) is 9.80 Å². The first-order valence-electron chi connectivity index (χ1n) is 8.72. The Balaban J connectivity index is 1.53. The second-order valence-corrected chi connectivity index (χ2v) is 6.80. The van der Waals surface area contributed by atoms with Gasteiger partial charge in [0.15, 0.2) is 0 Å². The molecular weight excluding hydrogens is 308 g/mol. The van der Waals surface area contributed by atoms with E-state index in [1.54, 1.807) is 17.1 Å². The summed E-state index contributed by atoms with van der Waals surface area (Å²) in [7, 11) is 0. The maximum atomic E-state index is 12.7. The van der Waals surface area contributed by atoms with Gasteiger partial charge in [0, 0.05) is 45.0 Å². The predicted octanol–water partition coefficient (Wildman–Crippen LogP) is -0.178. The fraction of sp³-hybridized carbons (Fsp3) is 0.750. The molecule has 1 aromatic heterocycles. The fourth-order valence-corrected chi connectivity index (χ4v) is 3.57. The zero-order valence-corrected chi connectivity index (χ0v) is 14.5. The minimum atomic E-state index is -0.0197. The van der Waals surface area contributed by atoms with Crippen LogP contribution in [0, 0.1) is 0 Å². The second-order valence-electron chi connectivity index (χ2n) is 6.80. The molecule has 1 unspecified atom stereocenters. The van der Waals surface area contributed by atoms with Crippen molar-refractivity contribution in [3.05, 3.63) is 12.4 Å². The maximum Gasteiger partial charge on any atom is 0.244 e. The average Bonchev–Trinajstić information content (AvgIpc) is 3.08. The van der Waals surface area contributed by atoms with Gasteiger partial charge in [0.2, 0.25) is 11.8 Å². The Morgan fingerprint density at radius 1 is 1.25 bits per heavy atom. The number of aromatic nitrogens is 3. The lowest BCUT2D eigenvalue weighted by atomic mass is 10.0. The number of hydrogen-bond donors (Lipinski definition) is 0. The molecule has 0 N–H and O–H groups in total. The van der Waals surface area contributed by atoms with Crippen molar-refractivity contribution in [3.63, 3.8) is 0 Å². The van der Waals surface area contributed by atoms with Crippen LogP contribution in [0.5, 0.6) is 0 Å². The largest absolute Gasteiger partial charge is 0.339 e. The molecule has 24 heavy (non-hydrogen) atoms. The van der Waals surface area contributed by atoms with E-state index in [4.69, 9.17) is 0 Å². The maximum absolute atomic E-state index is 12.7. The van der Waals surface area contributed by atoms with Crippen molar-refractivity contribution in [2.75, 3.05) is 32.7 Å². The first-order valence-corrected chi connectivity index (χ1v) is 8.72. The van der Waals surface area contributed by atoms with Crippen LogP contribution in [0.15, 0.2) is 12.4 Å². The highest BCUT2D eigenvalue weighted by molar-refractivity contribution is 5.83. The summed E-state index contributed by atoms with van der Waals surface area (Å²) in [6.07, 6.45) is 5.24. The van der Waals surface area contributed by atoms with E-state index in [2.05, 4.69) is 29.1 Å². The Morgan fingerprint density at radius 3 is 2.62 bits per heavy atom. The fourth-order valence-electron chi connectivity index (χ4n) is 3.57. The molecule has 8 heteroatoms. The molecule has 0 saturated carbocycles. The van der Waals surface area contributed by atoms with Crippen molar-refractivity contribution in [1.29, 1.82) is 0 Å². The molecule has 1 atom stereocenters. The van der Waals surface area contributed by atoms with Gasteiger partial charge in [-0.15, -0.1) is 5.10 Å². The Morgan fingerprint density at radius 2 is 2.00 bits per heavy atom. The van der Waals surface area contributed by atoms with E-state index in [9.17, 15) is 9.59 Å². The van der Waals surface area contributed by atoms with Gasteiger partial charge < -0.3 is 9.80 Å². The topological polar surface area (TPSA) is 74.6 Å². The van der Waals surface area contributed by atoms with Crippen LogP contribution < -0.4 is 0 Å². The summed E-state index contributed by atoms with van der Waals surface area (Å²) in [5, 5.41) is 7.55. The first kappa shape index (κ1) is 16.9. The third-order valence-electron chi connectivity index (χ3n) is 4.94. The Hall–Kier alpha value is -1.96. The quantitative estimate of drug-likeness (QED) is 0.764. The predicted molar refractivity (Wildman–Crippen MR) is 88.0 cm³/mol. The summed E-state index contributed by atoms with van der Waals surface area (Å²) in [5.74, 6) is 0.303. The van der Waals surface area contributed by atoms with Crippen LogP contribution in [-0.2, 0) is 16.1 Å². The van der Waals surface area contributed by atoms with E-state index in [1.165, 1.54) is 0 Å². The highest BCUT2D eigenvalue weighted by atomic mass is 16.2. The minimum absolute atomic E-state index is 0.0197. The van der Waals surface area contributed by atoms with E-state index < -0.39 is 0 Å². The highest BCUT2D eigenvalue weighted by Crippen LogP contribution is 2.20. The molecule has 0 aliphatic carbocycles. The number of likely N-dealkylation sites (tertiary alicyclic amines) is 1. The van der Waals surface area contributed by atoms with Gasteiger partial charge in [0.1, 0.15) is 6.54 Å². The summed E-state index contributed by atoms with van der Waals surface area (Å²) >= 11 is 0. The van der Waals surface area contributed by atoms with Crippen molar-refractivity contribution in [3.8, 4) is 0 Å². The molecule has 1 aromatic rings. The number of amides is 2. The molecule has 132 valence electrons. The van der Waals surface area contributed by atoms with Gasteiger partial charge in [-0.05, 0) is 26.7 Å². The molecule has 8 nitrogen and oxygen atoms in total. The normalized spacial score (nSPS) is 23.1. The van der Waals surface area contributed by atoms with Gasteiger partial charge in [-0.2, -0.15) is 0 Å². The SMILES string of the molecule is CC(C)N1CCCC(N2CCN(C(=O)Cn3ccnn3)CC2)C1=O. The third-order valence-corrected chi connectivity index (χ3v) is 4.94. The standard InChI is InChI=1S/C16H26N6O2/c1-13(2)22-6-3-4-14(16(22)24)19-8-10-20(11-9-19)15(23)12-21-7-5-17-18-21/h5,7,13-14H,3-4,6,8-12H2,1-2H3. The lowest BCUT2D eigenvalue weighted by molar-refractivity contribution is -0.144. The molecular formula is C16H26N6O2. The van der Waals surface area contributed by atoms with Crippen LogP contribution >= 0.6 is 0 Å². The number of rotatable bonds is 4. The molecule has 2 fully saturated rings. The number of piperidine rings is 1. The molecule has 2 amide bonds. The first-order chi connectivity index (χ1) is 11.6. The summed E-state index contributed by atoms with van der Waals surface area (Å²) in [4.78, 5) is 31.1. The zero-order chi connectivity index (χ0) is 17.1. The molecule has 2 aliphatic rings. The number of carbonyl (C=O) groups is 2. The summed E-state index contributed by atoms with van der Waals surface area (Å²) in [5.41, 5.74) is 0. The monoisotopic (exact) mass is 334 g/mol. The van der Waals surface area contributed by atoms with Crippen LogP contribution in [0.25, 0.3) is 0 Å². The molecule has 0 bridgehead atoms. The van der Waals surface area contributed by atoms with Crippen molar-refractivity contribution < 1.29 is 9.59 Å². The molecule has 2 saturated heterocycles. The van der Waals surface area contributed by atoms with Crippen molar-refractivity contribution in [1.82, 2.24) is 29.7 Å². The smallest absolute Gasteiger partial charge is 0.244 e. The molecule has 0 spiro atoms. The van der Waals surface area contributed by atoms with Gasteiger partial charge in [-0.1, -0.05) is 5.21 Å². The summed E-state index contributed by atoms with van der Waals surface area (Å²) < 4.78 is 1.54. The second kappa shape index (κ2) is 7.29. The number of piperazine rings is 1. The van der Waals surface area contributed by atoms with E-state index in [-0.39, 0.29) is 30.4 Å². The minimum Gasteiger partial charge on any atom is -0.339 e. The summed E-state index contributed by atoms with van der Waals surface area (Å²) in [6, 6.07) is 0.236. The number of nitrogens with zero attached hydrogens (tertiary/aromatic N) is 6. The van der Waals surface area contributed by atoms with Crippen molar-refractivity contribution in [2.24, 2.45) is 0 Å². The highest BCUT2D eigenvalue weighted by Gasteiger charge is 2.36. The number of carbonyl (C=O) groups excluding carboxylic acids is 2. The molecule has 0 radical (unpaired) electrons. The van der Waals surface area contributed by atoms with E-state index >= 15 is 0 Å². The Labute approximate surface area is 142 Å². The average molecular weight is 334 g/mol. The van der Waals surface area contributed by atoms with Crippen LogP contribution in [0.4, 0.5) is 0 Å². The lowest BCUT2D eigenvalue weighted by Gasteiger charge is -2.43. The van der Waals surface area contributed by atoms with Gasteiger partial charge in [-0.3, -0.25) is 14.5 Å². The molecule has 3 rings (SSSR count). The van der Waals surface area contributed by atoms with E-state index in [0.29, 0.717) is 13.1 Å². The van der Waals surface area contributed by atoms with Gasteiger partial charge >= 0.3 is 0 Å². The van der Waals surface area contributed by atoms with E-state index in [0.717, 1.165) is 32.5 Å². The van der Waals surface area contributed by atoms with Crippen molar-refractivity contribution in [2.45, 2.75) is 45.3 Å². The molecule has 3 heterocycles. The van der Waals surface area contributed by atoms with Gasteiger partial charge in [-0.25, -0.2) is 4.68 Å².